The van der Waals surface area contributed by atoms with E-state index in [2.05, 4.69) is 20.6 Å². The lowest BCUT2D eigenvalue weighted by atomic mass is 10.2. The molecule has 0 spiro atoms. The van der Waals surface area contributed by atoms with Crippen molar-refractivity contribution in [2.45, 2.75) is 26.4 Å². The van der Waals surface area contributed by atoms with Gasteiger partial charge in [-0.15, -0.1) is 0 Å². The van der Waals surface area contributed by atoms with Crippen molar-refractivity contribution >= 4 is 17.5 Å². The summed E-state index contributed by atoms with van der Waals surface area (Å²) in [5, 5.41) is 5.94. The molecule has 0 aliphatic carbocycles. The summed E-state index contributed by atoms with van der Waals surface area (Å²) in [7, 11) is 0. The van der Waals surface area contributed by atoms with Gasteiger partial charge in [0.15, 0.2) is 0 Å². The molecule has 118 valence electrons. The van der Waals surface area contributed by atoms with Gasteiger partial charge in [-0.05, 0) is 31.5 Å². The fourth-order valence-corrected chi connectivity index (χ4v) is 1.87. The molecule has 0 saturated heterocycles. The lowest BCUT2D eigenvalue weighted by Crippen LogP contribution is -2.07. The lowest BCUT2D eigenvalue weighted by Gasteiger charge is -2.11. The van der Waals surface area contributed by atoms with Gasteiger partial charge in [0.2, 0.25) is 5.95 Å². The molecule has 2 rings (SSSR count). The van der Waals surface area contributed by atoms with E-state index in [-0.39, 0.29) is 5.95 Å². The highest BCUT2D eigenvalue weighted by Crippen LogP contribution is 2.31. The lowest BCUT2D eigenvalue weighted by molar-refractivity contribution is -0.137. The Labute approximate surface area is 126 Å². The van der Waals surface area contributed by atoms with E-state index in [0.717, 1.165) is 30.8 Å². The maximum atomic E-state index is 12.7. The molecule has 0 atom stereocenters. The third-order valence-electron chi connectivity index (χ3n) is 2.86. The van der Waals surface area contributed by atoms with Gasteiger partial charge in [-0.2, -0.15) is 18.2 Å². The van der Waals surface area contributed by atoms with Gasteiger partial charge in [0, 0.05) is 24.0 Å². The smallest absolute Gasteiger partial charge is 0.370 e. The van der Waals surface area contributed by atoms with Gasteiger partial charge in [0.25, 0.3) is 0 Å². The van der Waals surface area contributed by atoms with Crippen molar-refractivity contribution in [3.63, 3.8) is 0 Å². The van der Waals surface area contributed by atoms with Crippen molar-refractivity contribution in [1.29, 1.82) is 0 Å². The van der Waals surface area contributed by atoms with Crippen LogP contribution >= 0.6 is 0 Å². The molecule has 4 nitrogen and oxygen atoms in total. The highest BCUT2D eigenvalue weighted by atomic mass is 19.4. The summed E-state index contributed by atoms with van der Waals surface area (Å²) in [4.78, 5) is 8.43. The molecule has 0 radical (unpaired) electrons. The monoisotopic (exact) mass is 310 g/mol. The first kappa shape index (κ1) is 16.1. The van der Waals surface area contributed by atoms with E-state index in [9.17, 15) is 13.2 Å². The van der Waals surface area contributed by atoms with Crippen LogP contribution in [-0.2, 0) is 6.18 Å². The highest BCUT2D eigenvalue weighted by Gasteiger charge is 2.30. The first-order valence-corrected chi connectivity index (χ1v) is 6.92. The number of anilines is 3. The number of aromatic nitrogens is 2. The molecule has 0 aliphatic heterocycles. The van der Waals surface area contributed by atoms with E-state index in [4.69, 9.17) is 0 Å². The zero-order valence-corrected chi connectivity index (χ0v) is 12.3. The third-order valence-corrected chi connectivity index (χ3v) is 2.86. The summed E-state index contributed by atoms with van der Waals surface area (Å²) in [6.07, 6.45) is -3.43. The van der Waals surface area contributed by atoms with E-state index in [1.54, 1.807) is 19.1 Å². The van der Waals surface area contributed by atoms with Gasteiger partial charge in [-0.25, -0.2) is 4.98 Å². The number of rotatable bonds is 5. The minimum atomic E-state index is -4.38. The fourth-order valence-electron chi connectivity index (χ4n) is 1.87. The standard InChI is InChI=1S/C15H17F3N4/c1-3-7-19-13-8-10(2)20-14(22-13)21-12-6-4-5-11(9-12)15(16,17)18/h4-6,8-9H,3,7H2,1-2H3,(H2,19,20,21,22). The Bertz CT molecular complexity index is 641. The number of benzene rings is 1. The molecule has 22 heavy (non-hydrogen) atoms. The van der Waals surface area contributed by atoms with Gasteiger partial charge < -0.3 is 10.6 Å². The van der Waals surface area contributed by atoms with E-state index < -0.39 is 11.7 Å². The van der Waals surface area contributed by atoms with Crippen molar-refractivity contribution in [3.05, 3.63) is 41.6 Å². The summed E-state index contributed by atoms with van der Waals surface area (Å²) in [5.74, 6) is 0.904. The average Bonchev–Trinajstić information content (AvgIpc) is 2.44. The van der Waals surface area contributed by atoms with Crippen LogP contribution in [-0.4, -0.2) is 16.5 Å². The van der Waals surface area contributed by atoms with Crippen molar-refractivity contribution in [1.82, 2.24) is 9.97 Å². The second kappa shape index (κ2) is 6.64. The number of aryl methyl sites for hydroxylation is 1. The van der Waals surface area contributed by atoms with Gasteiger partial charge in [-0.1, -0.05) is 13.0 Å². The maximum Gasteiger partial charge on any atom is 0.416 e. The molecular weight excluding hydrogens is 293 g/mol. The van der Waals surface area contributed by atoms with Crippen LogP contribution in [0.2, 0.25) is 0 Å². The van der Waals surface area contributed by atoms with Crippen molar-refractivity contribution in [3.8, 4) is 0 Å². The Morgan fingerprint density at radius 1 is 1.14 bits per heavy atom. The minimum absolute atomic E-state index is 0.262. The Hall–Kier alpha value is -2.31. The Morgan fingerprint density at radius 3 is 2.59 bits per heavy atom. The predicted octanol–water partition coefficient (Wildman–Crippen LogP) is 4.37. The van der Waals surface area contributed by atoms with E-state index in [1.807, 2.05) is 6.92 Å². The third kappa shape index (κ3) is 4.34. The molecule has 0 bridgehead atoms. The van der Waals surface area contributed by atoms with Gasteiger partial charge in [-0.3, -0.25) is 0 Å². The van der Waals surface area contributed by atoms with Crippen LogP contribution in [0, 0.1) is 6.92 Å². The predicted molar refractivity (Wildman–Crippen MR) is 80.3 cm³/mol. The summed E-state index contributed by atoms with van der Waals surface area (Å²) >= 11 is 0. The molecule has 2 aromatic rings. The van der Waals surface area contributed by atoms with Crippen LogP contribution in [0.4, 0.5) is 30.6 Å². The molecule has 0 saturated carbocycles. The molecule has 0 fully saturated rings. The fraction of sp³-hybridized carbons (Fsp3) is 0.333. The van der Waals surface area contributed by atoms with Crippen LogP contribution in [0.5, 0.6) is 0 Å². The van der Waals surface area contributed by atoms with Crippen molar-refractivity contribution in [2.24, 2.45) is 0 Å². The van der Waals surface area contributed by atoms with Crippen LogP contribution in [0.1, 0.15) is 24.6 Å². The molecular formula is C15H17F3N4. The van der Waals surface area contributed by atoms with Gasteiger partial charge >= 0.3 is 6.18 Å². The summed E-state index contributed by atoms with van der Waals surface area (Å²) < 4.78 is 38.1. The Kier molecular flexibility index (Phi) is 4.85. The second-order valence-corrected chi connectivity index (χ2v) is 4.85. The topological polar surface area (TPSA) is 49.8 Å². The molecule has 7 heteroatoms. The Balaban J connectivity index is 2.21. The van der Waals surface area contributed by atoms with Crippen molar-refractivity contribution < 1.29 is 13.2 Å². The number of hydrogen-bond donors (Lipinski definition) is 2. The second-order valence-electron chi connectivity index (χ2n) is 4.85. The van der Waals surface area contributed by atoms with Gasteiger partial charge in [0.1, 0.15) is 5.82 Å². The SMILES string of the molecule is CCCNc1cc(C)nc(Nc2cccc(C(F)(F)F)c2)n1. The number of halogens is 3. The first-order valence-electron chi connectivity index (χ1n) is 6.92. The van der Waals surface area contributed by atoms with Crippen LogP contribution in [0.15, 0.2) is 30.3 Å². The van der Waals surface area contributed by atoms with E-state index in [1.165, 1.54) is 6.07 Å². The van der Waals surface area contributed by atoms with Crippen molar-refractivity contribution in [2.75, 3.05) is 17.2 Å². The number of nitrogens with zero attached hydrogens (tertiary/aromatic N) is 2. The van der Waals surface area contributed by atoms with Crippen LogP contribution < -0.4 is 10.6 Å². The van der Waals surface area contributed by atoms with E-state index in [0.29, 0.717) is 11.5 Å². The van der Waals surface area contributed by atoms with Crippen LogP contribution in [0.3, 0.4) is 0 Å². The zero-order chi connectivity index (χ0) is 16.2. The van der Waals surface area contributed by atoms with E-state index >= 15 is 0 Å². The number of hydrogen-bond acceptors (Lipinski definition) is 4. The molecule has 1 heterocycles. The molecule has 0 aliphatic rings. The molecule has 1 aromatic carbocycles. The highest BCUT2D eigenvalue weighted by molar-refractivity contribution is 5.56. The first-order chi connectivity index (χ1) is 10.4. The molecule has 1 aromatic heterocycles. The molecule has 0 unspecified atom stereocenters. The van der Waals surface area contributed by atoms with Crippen LogP contribution in [0.25, 0.3) is 0 Å². The average molecular weight is 310 g/mol. The Morgan fingerprint density at radius 2 is 1.91 bits per heavy atom. The normalized spacial score (nSPS) is 11.3. The summed E-state index contributed by atoms with van der Waals surface area (Å²) in [6.45, 7) is 4.60. The van der Waals surface area contributed by atoms with Gasteiger partial charge in [0.05, 0.1) is 5.56 Å². The number of alkyl halides is 3. The summed E-state index contributed by atoms with van der Waals surface area (Å²) in [5.41, 5.74) is 0.305. The molecule has 2 N–H and O–H groups in total. The minimum Gasteiger partial charge on any atom is -0.370 e. The zero-order valence-electron chi connectivity index (χ0n) is 12.3. The number of nitrogens with one attached hydrogen (secondary N) is 2. The largest absolute Gasteiger partial charge is 0.416 e. The summed E-state index contributed by atoms with van der Waals surface area (Å²) in [6, 6.07) is 6.73. The maximum absolute atomic E-state index is 12.7. The molecule has 0 amide bonds. The quantitative estimate of drug-likeness (QED) is 0.861.